The fourth-order valence-electron chi connectivity index (χ4n) is 0.300. The third kappa shape index (κ3) is 44.6. The largest absolute Gasteiger partial charge is 0.391 e. The SMILES string of the molecule is CC(N)=O.C[N+](C)(C)CCO. The number of hydrogen-bond acceptors (Lipinski definition) is 2. The number of primary amides is 1. The average Bonchev–Trinajstić information content (AvgIpc) is 1.58. The summed E-state index contributed by atoms with van der Waals surface area (Å²) in [7, 11) is 6.16. The van der Waals surface area contributed by atoms with E-state index in [0.717, 1.165) is 11.0 Å². The summed E-state index contributed by atoms with van der Waals surface area (Å²) >= 11 is 0. The molecule has 0 aliphatic carbocycles. The van der Waals surface area contributed by atoms with E-state index in [4.69, 9.17) is 5.11 Å². The first kappa shape index (κ1) is 13.0. The summed E-state index contributed by atoms with van der Waals surface area (Å²) in [6.07, 6.45) is 0. The molecule has 68 valence electrons. The molecular weight excluding hydrogens is 144 g/mol. The van der Waals surface area contributed by atoms with E-state index >= 15 is 0 Å². The van der Waals surface area contributed by atoms with Crippen molar-refractivity contribution >= 4 is 5.91 Å². The smallest absolute Gasteiger partial charge is 0.214 e. The number of carbonyl (C=O) groups excluding carboxylic acids is 1. The van der Waals surface area contributed by atoms with Crippen molar-refractivity contribution < 1.29 is 14.4 Å². The number of likely N-dealkylation sites (N-methyl/N-ethyl adjacent to an activating group) is 1. The maximum Gasteiger partial charge on any atom is 0.214 e. The molecule has 1 amide bonds. The van der Waals surface area contributed by atoms with Gasteiger partial charge in [-0.1, -0.05) is 0 Å². The van der Waals surface area contributed by atoms with Crippen LogP contribution in [0.3, 0.4) is 0 Å². The van der Waals surface area contributed by atoms with Gasteiger partial charge in [-0.15, -0.1) is 0 Å². The van der Waals surface area contributed by atoms with E-state index in [-0.39, 0.29) is 12.5 Å². The van der Waals surface area contributed by atoms with Crippen LogP contribution in [0.4, 0.5) is 0 Å². The monoisotopic (exact) mass is 163 g/mol. The van der Waals surface area contributed by atoms with E-state index in [1.165, 1.54) is 6.92 Å². The van der Waals surface area contributed by atoms with Crippen LogP contribution in [0.2, 0.25) is 0 Å². The molecule has 0 aromatic rings. The number of quaternary nitrogens is 1. The van der Waals surface area contributed by atoms with Crippen LogP contribution in [-0.2, 0) is 4.79 Å². The maximum absolute atomic E-state index is 9.22. The van der Waals surface area contributed by atoms with E-state index in [2.05, 4.69) is 26.9 Å². The quantitative estimate of drug-likeness (QED) is 0.522. The minimum atomic E-state index is -0.333. The number of aliphatic hydroxyl groups excluding tert-OH is 1. The van der Waals surface area contributed by atoms with Crippen molar-refractivity contribution in [2.24, 2.45) is 5.73 Å². The molecule has 0 aromatic carbocycles. The molecule has 0 aromatic heterocycles. The fourth-order valence-corrected chi connectivity index (χ4v) is 0.300. The van der Waals surface area contributed by atoms with E-state index < -0.39 is 0 Å². The van der Waals surface area contributed by atoms with E-state index in [0.29, 0.717) is 0 Å². The van der Waals surface area contributed by atoms with Gasteiger partial charge in [-0.05, 0) is 0 Å². The van der Waals surface area contributed by atoms with Gasteiger partial charge in [-0.25, -0.2) is 0 Å². The topological polar surface area (TPSA) is 63.3 Å². The molecule has 0 aliphatic heterocycles. The molecule has 0 heterocycles. The molecule has 0 saturated heterocycles. The number of carbonyl (C=O) groups is 1. The van der Waals surface area contributed by atoms with Crippen LogP contribution in [0.25, 0.3) is 0 Å². The second-order valence-corrected chi connectivity index (χ2v) is 3.35. The first-order valence-electron chi connectivity index (χ1n) is 3.47. The lowest BCUT2D eigenvalue weighted by atomic mass is 10.5. The molecule has 0 saturated carbocycles. The number of rotatable bonds is 2. The highest BCUT2D eigenvalue weighted by Crippen LogP contribution is 1.84. The van der Waals surface area contributed by atoms with Crippen molar-refractivity contribution in [2.45, 2.75) is 6.92 Å². The molecule has 0 radical (unpaired) electrons. The molecule has 11 heavy (non-hydrogen) atoms. The average molecular weight is 163 g/mol. The third-order valence-electron chi connectivity index (χ3n) is 0.771. The second-order valence-electron chi connectivity index (χ2n) is 3.35. The zero-order valence-corrected chi connectivity index (χ0v) is 7.79. The number of aliphatic hydroxyl groups is 1. The first-order chi connectivity index (χ1) is 4.79. The zero-order chi connectivity index (χ0) is 9.49. The summed E-state index contributed by atoms with van der Waals surface area (Å²) in [4.78, 5) is 9.22. The Balaban J connectivity index is 0. The van der Waals surface area contributed by atoms with Gasteiger partial charge in [0.2, 0.25) is 5.91 Å². The van der Waals surface area contributed by atoms with E-state index in [1.807, 2.05) is 0 Å². The second kappa shape index (κ2) is 6.12. The van der Waals surface area contributed by atoms with Crippen molar-refractivity contribution in [3.05, 3.63) is 0 Å². The number of nitrogens with zero attached hydrogens (tertiary/aromatic N) is 1. The summed E-state index contributed by atoms with van der Waals surface area (Å²) in [5.41, 5.74) is 4.47. The van der Waals surface area contributed by atoms with Crippen molar-refractivity contribution in [3.63, 3.8) is 0 Å². The standard InChI is InChI=1S/C5H14NO.C2H5NO/c1-6(2,3)4-5-7;1-2(3)4/h7H,4-5H2,1-3H3;1H3,(H2,3,4)/q+1;. The highest BCUT2D eigenvalue weighted by atomic mass is 16.3. The Morgan fingerprint density at radius 2 is 1.73 bits per heavy atom. The minimum absolute atomic E-state index is 0.281. The lowest BCUT2D eigenvalue weighted by Gasteiger charge is -2.21. The van der Waals surface area contributed by atoms with Gasteiger partial charge in [0, 0.05) is 6.92 Å². The summed E-state index contributed by atoms with van der Waals surface area (Å²) in [6, 6.07) is 0. The Bertz CT molecular complexity index is 103. The van der Waals surface area contributed by atoms with Crippen LogP contribution in [0, 0.1) is 0 Å². The zero-order valence-electron chi connectivity index (χ0n) is 7.79. The fraction of sp³-hybridized carbons (Fsp3) is 0.857. The predicted molar refractivity (Wildman–Crippen MR) is 44.9 cm³/mol. The van der Waals surface area contributed by atoms with Crippen LogP contribution in [0.15, 0.2) is 0 Å². The van der Waals surface area contributed by atoms with Crippen molar-refractivity contribution in [1.29, 1.82) is 0 Å². The molecule has 0 rings (SSSR count). The Morgan fingerprint density at radius 1 is 1.45 bits per heavy atom. The van der Waals surface area contributed by atoms with E-state index in [1.54, 1.807) is 0 Å². The molecular formula is C7H19N2O2+. The number of nitrogens with two attached hydrogens (primary N) is 1. The van der Waals surface area contributed by atoms with Crippen molar-refractivity contribution in [1.82, 2.24) is 0 Å². The van der Waals surface area contributed by atoms with Crippen LogP contribution in [0.1, 0.15) is 6.92 Å². The third-order valence-corrected chi connectivity index (χ3v) is 0.771. The normalized spacial score (nSPS) is 9.91. The molecule has 0 spiro atoms. The highest BCUT2D eigenvalue weighted by Gasteiger charge is 2.02. The Labute approximate surface area is 68.2 Å². The van der Waals surface area contributed by atoms with Gasteiger partial charge >= 0.3 is 0 Å². The van der Waals surface area contributed by atoms with E-state index in [9.17, 15) is 4.79 Å². The molecule has 0 bridgehead atoms. The molecule has 4 nitrogen and oxygen atoms in total. The molecule has 0 fully saturated rings. The van der Waals surface area contributed by atoms with Crippen LogP contribution < -0.4 is 5.73 Å². The Kier molecular flexibility index (Phi) is 7.24. The first-order valence-corrected chi connectivity index (χ1v) is 3.47. The van der Waals surface area contributed by atoms with Crippen LogP contribution in [0.5, 0.6) is 0 Å². The lowest BCUT2D eigenvalue weighted by molar-refractivity contribution is -0.870. The Hall–Kier alpha value is -0.610. The summed E-state index contributed by atoms with van der Waals surface area (Å²) in [5.74, 6) is -0.333. The minimum Gasteiger partial charge on any atom is -0.391 e. The van der Waals surface area contributed by atoms with Crippen LogP contribution >= 0.6 is 0 Å². The predicted octanol–water partition coefficient (Wildman–Crippen LogP) is -0.823. The van der Waals surface area contributed by atoms with Crippen LogP contribution in [-0.4, -0.2) is 49.8 Å². The van der Waals surface area contributed by atoms with Gasteiger partial charge in [-0.3, -0.25) is 4.79 Å². The Morgan fingerprint density at radius 3 is 1.73 bits per heavy atom. The van der Waals surface area contributed by atoms with Gasteiger partial charge in [0.05, 0.1) is 27.7 Å². The maximum atomic E-state index is 9.22. The summed E-state index contributed by atoms with van der Waals surface area (Å²) in [6.45, 7) is 2.42. The lowest BCUT2D eigenvalue weighted by Crippen LogP contribution is -2.36. The molecule has 4 heteroatoms. The van der Waals surface area contributed by atoms with Crippen molar-refractivity contribution in [3.8, 4) is 0 Å². The molecule has 3 N–H and O–H groups in total. The van der Waals surface area contributed by atoms with Crippen molar-refractivity contribution in [2.75, 3.05) is 34.3 Å². The van der Waals surface area contributed by atoms with Gasteiger partial charge in [0.25, 0.3) is 0 Å². The highest BCUT2D eigenvalue weighted by molar-refractivity contribution is 5.70. The van der Waals surface area contributed by atoms with Gasteiger partial charge in [0.1, 0.15) is 6.54 Å². The van der Waals surface area contributed by atoms with Gasteiger partial charge in [0.15, 0.2) is 0 Å². The summed E-state index contributed by atoms with van der Waals surface area (Å²) < 4.78 is 0.844. The number of amides is 1. The number of hydrogen-bond donors (Lipinski definition) is 2. The van der Waals surface area contributed by atoms with Gasteiger partial charge < -0.3 is 15.3 Å². The molecule has 0 unspecified atom stereocenters. The van der Waals surface area contributed by atoms with Gasteiger partial charge in [-0.2, -0.15) is 0 Å². The summed E-state index contributed by atoms with van der Waals surface area (Å²) in [5, 5.41) is 8.39. The molecule has 0 aliphatic rings. The molecule has 0 atom stereocenters.